The number of halogens is 1. The Morgan fingerprint density at radius 1 is 1.14 bits per heavy atom. The normalized spacial score (nSPS) is 25.3. The Hall–Kier alpha value is -3.15. The molecule has 5 heterocycles. The molecule has 1 N–H and O–H groups in total. The third kappa shape index (κ3) is 4.55. The van der Waals surface area contributed by atoms with Crippen LogP contribution in [0.15, 0.2) is 30.7 Å². The molecule has 0 bridgehead atoms. The lowest BCUT2D eigenvalue weighted by Crippen LogP contribution is -2.54. The van der Waals surface area contributed by atoms with Gasteiger partial charge in [-0.3, -0.25) is 9.69 Å². The Morgan fingerprint density at radius 2 is 1.97 bits per heavy atom. The van der Waals surface area contributed by atoms with Crippen LogP contribution >= 0.6 is 0 Å². The molecular weight excluding hydrogens is 477 g/mol. The number of ether oxygens (including phenoxy) is 2. The van der Waals surface area contributed by atoms with Crippen molar-refractivity contribution in [2.75, 3.05) is 57.9 Å². The first-order valence-electron chi connectivity index (χ1n) is 12.9. The number of carbonyl (C=O) groups is 1. The lowest BCUT2D eigenvalue weighted by Gasteiger charge is -2.43. The lowest BCUT2D eigenvalue weighted by atomic mass is 9.84. The molecule has 196 valence electrons. The molecular formula is C26H32FN7O3. The van der Waals surface area contributed by atoms with Gasteiger partial charge in [-0.15, -0.1) is 0 Å². The number of amides is 1. The van der Waals surface area contributed by atoms with Gasteiger partial charge in [-0.2, -0.15) is 5.10 Å². The molecule has 1 amide bonds. The monoisotopic (exact) mass is 509 g/mol. The number of likely N-dealkylation sites (N-methyl/N-ethyl adjacent to an activating group) is 1. The van der Waals surface area contributed by atoms with Crippen molar-refractivity contribution in [3.8, 4) is 5.82 Å². The summed E-state index contributed by atoms with van der Waals surface area (Å²) in [6.07, 6.45) is 2.62. The van der Waals surface area contributed by atoms with E-state index in [9.17, 15) is 4.79 Å². The fourth-order valence-corrected chi connectivity index (χ4v) is 5.63. The van der Waals surface area contributed by atoms with E-state index < -0.39 is 12.3 Å². The van der Waals surface area contributed by atoms with Gasteiger partial charge in [0.15, 0.2) is 11.9 Å². The quantitative estimate of drug-likeness (QED) is 0.554. The number of benzene rings is 1. The van der Waals surface area contributed by atoms with Crippen molar-refractivity contribution < 1.29 is 18.7 Å². The zero-order valence-corrected chi connectivity index (χ0v) is 21.1. The number of anilines is 1. The standard InChI is InChI=1S/C26H32FN7O3/c1-16-7-17-10-31-34(22(17)8-20(16)19-3-4-32(11-21(19)27)18-13-36-14-18)25-9-24(29-15-30-25)33-5-6-37-23(12-33)26(35)28-2/h7-10,15,18-19,21,23H,3-6,11-14H2,1-2H3,(H,28,35)/t19-,21-,23+/m1/s1. The first-order valence-corrected chi connectivity index (χ1v) is 12.9. The van der Waals surface area contributed by atoms with Crippen LogP contribution in [0.25, 0.3) is 16.7 Å². The van der Waals surface area contributed by atoms with Crippen LogP contribution in [0, 0.1) is 6.92 Å². The minimum Gasteiger partial charge on any atom is -0.378 e. The van der Waals surface area contributed by atoms with Crippen LogP contribution in [0.2, 0.25) is 0 Å². The second-order valence-corrected chi connectivity index (χ2v) is 10.1. The average Bonchev–Trinajstić information content (AvgIpc) is 3.30. The van der Waals surface area contributed by atoms with Crippen molar-refractivity contribution in [2.24, 2.45) is 0 Å². The van der Waals surface area contributed by atoms with Crippen LogP contribution in [-0.4, -0.2) is 102 Å². The molecule has 0 aliphatic carbocycles. The SMILES string of the molecule is CNC(=O)[C@@H]1CN(c2cc(-n3ncc4cc(C)c([C@H]5CCN(C6COC6)C[C@H]5F)cc43)ncn2)CCO1. The fraction of sp³-hybridized carbons (Fsp3) is 0.538. The highest BCUT2D eigenvalue weighted by atomic mass is 19.1. The van der Waals surface area contributed by atoms with Crippen LogP contribution in [0.3, 0.4) is 0 Å². The number of carbonyl (C=O) groups excluding carboxylic acids is 1. The van der Waals surface area contributed by atoms with Gasteiger partial charge in [-0.05, 0) is 43.1 Å². The zero-order valence-electron chi connectivity index (χ0n) is 21.1. The van der Waals surface area contributed by atoms with E-state index in [-0.39, 0.29) is 11.8 Å². The predicted octanol–water partition coefficient (Wildman–Crippen LogP) is 1.60. The first kappa shape index (κ1) is 24.2. The number of aromatic nitrogens is 4. The second-order valence-electron chi connectivity index (χ2n) is 10.1. The third-order valence-corrected chi connectivity index (χ3v) is 7.85. The molecule has 3 aliphatic heterocycles. The fourth-order valence-electron chi connectivity index (χ4n) is 5.63. The van der Waals surface area contributed by atoms with E-state index >= 15 is 4.39 Å². The van der Waals surface area contributed by atoms with Crippen molar-refractivity contribution in [2.45, 2.75) is 37.6 Å². The Labute approximate surface area is 214 Å². The van der Waals surface area contributed by atoms with Crippen LogP contribution in [0.1, 0.15) is 23.5 Å². The largest absolute Gasteiger partial charge is 0.378 e. The number of nitrogens with zero attached hydrogens (tertiary/aromatic N) is 6. The number of alkyl halides is 1. The summed E-state index contributed by atoms with van der Waals surface area (Å²) in [5.41, 5.74) is 3.00. The molecule has 3 aliphatic rings. The molecule has 1 aromatic carbocycles. The number of hydrogen-bond acceptors (Lipinski definition) is 8. The number of fused-ring (bicyclic) bond motifs is 1. The van der Waals surface area contributed by atoms with Crippen LogP contribution in [-0.2, 0) is 14.3 Å². The maximum absolute atomic E-state index is 15.4. The van der Waals surface area contributed by atoms with E-state index in [0.717, 1.165) is 35.0 Å². The van der Waals surface area contributed by atoms with Gasteiger partial charge in [0.25, 0.3) is 5.91 Å². The van der Waals surface area contributed by atoms with Gasteiger partial charge in [-0.1, -0.05) is 0 Å². The molecule has 0 unspecified atom stereocenters. The number of rotatable bonds is 5. The predicted molar refractivity (Wildman–Crippen MR) is 136 cm³/mol. The molecule has 6 rings (SSSR count). The minimum atomic E-state index is -0.929. The first-order chi connectivity index (χ1) is 18.0. The van der Waals surface area contributed by atoms with E-state index in [1.807, 2.05) is 17.2 Å². The molecule has 11 heteroatoms. The average molecular weight is 510 g/mol. The van der Waals surface area contributed by atoms with Gasteiger partial charge in [0.2, 0.25) is 0 Å². The number of hydrogen-bond donors (Lipinski definition) is 1. The molecule has 10 nitrogen and oxygen atoms in total. The van der Waals surface area contributed by atoms with Gasteiger partial charge in [-0.25, -0.2) is 19.0 Å². The maximum Gasteiger partial charge on any atom is 0.250 e. The molecule has 0 spiro atoms. The number of piperidine rings is 1. The van der Waals surface area contributed by atoms with Crippen LogP contribution in [0.5, 0.6) is 0 Å². The number of likely N-dealkylation sites (tertiary alicyclic amines) is 1. The smallest absolute Gasteiger partial charge is 0.250 e. The van der Waals surface area contributed by atoms with E-state index in [1.165, 1.54) is 6.33 Å². The Morgan fingerprint density at radius 3 is 2.73 bits per heavy atom. The van der Waals surface area contributed by atoms with E-state index in [0.29, 0.717) is 57.1 Å². The van der Waals surface area contributed by atoms with Crippen molar-refractivity contribution >= 4 is 22.6 Å². The summed E-state index contributed by atoms with van der Waals surface area (Å²) < 4.78 is 28.1. The maximum atomic E-state index is 15.4. The van der Waals surface area contributed by atoms with Gasteiger partial charge in [0.1, 0.15) is 18.3 Å². The topological polar surface area (TPSA) is 97.6 Å². The highest BCUT2D eigenvalue weighted by molar-refractivity contribution is 5.82. The molecule has 3 atom stereocenters. The summed E-state index contributed by atoms with van der Waals surface area (Å²) in [4.78, 5) is 25.3. The van der Waals surface area contributed by atoms with E-state index in [4.69, 9.17) is 9.47 Å². The number of morpholine rings is 1. The molecule has 0 radical (unpaired) electrons. The number of aryl methyl sites for hydroxylation is 1. The number of nitrogens with one attached hydrogen (secondary N) is 1. The van der Waals surface area contributed by atoms with Gasteiger partial charge in [0.05, 0.1) is 44.1 Å². The summed E-state index contributed by atoms with van der Waals surface area (Å²) in [7, 11) is 1.60. The van der Waals surface area contributed by atoms with Crippen molar-refractivity contribution in [3.63, 3.8) is 0 Å². The minimum absolute atomic E-state index is 0.152. The highest BCUT2D eigenvalue weighted by Crippen LogP contribution is 2.36. The summed E-state index contributed by atoms with van der Waals surface area (Å²) in [5, 5.41) is 8.23. The summed E-state index contributed by atoms with van der Waals surface area (Å²) in [6.45, 7) is 6.25. The van der Waals surface area contributed by atoms with Gasteiger partial charge >= 0.3 is 0 Å². The summed E-state index contributed by atoms with van der Waals surface area (Å²) in [5.74, 6) is 1.02. The van der Waals surface area contributed by atoms with Gasteiger partial charge in [0, 0.05) is 37.5 Å². The summed E-state index contributed by atoms with van der Waals surface area (Å²) >= 11 is 0. The van der Waals surface area contributed by atoms with E-state index in [2.05, 4.69) is 44.3 Å². The highest BCUT2D eigenvalue weighted by Gasteiger charge is 2.36. The summed E-state index contributed by atoms with van der Waals surface area (Å²) in [6, 6.07) is 6.39. The Balaban J connectivity index is 1.28. The molecule has 37 heavy (non-hydrogen) atoms. The third-order valence-electron chi connectivity index (χ3n) is 7.85. The van der Waals surface area contributed by atoms with Crippen LogP contribution < -0.4 is 10.2 Å². The molecule has 3 fully saturated rings. The Kier molecular flexibility index (Phi) is 6.51. The van der Waals surface area contributed by atoms with Crippen LogP contribution in [0.4, 0.5) is 10.2 Å². The second kappa shape index (κ2) is 9.96. The van der Waals surface area contributed by atoms with E-state index in [1.54, 1.807) is 11.7 Å². The molecule has 3 aromatic rings. The lowest BCUT2D eigenvalue weighted by molar-refractivity contribution is -0.132. The van der Waals surface area contributed by atoms with Crippen molar-refractivity contribution in [3.05, 3.63) is 41.9 Å². The van der Waals surface area contributed by atoms with Crippen molar-refractivity contribution in [1.82, 2.24) is 30.0 Å². The van der Waals surface area contributed by atoms with Gasteiger partial charge < -0.3 is 19.7 Å². The Bertz CT molecular complexity index is 1300. The molecule has 2 aromatic heterocycles. The van der Waals surface area contributed by atoms with Crippen molar-refractivity contribution in [1.29, 1.82) is 0 Å². The molecule has 0 saturated carbocycles. The zero-order chi connectivity index (χ0) is 25.5. The molecule has 3 saturated heterocycles.